The van der Waals surface area contributed by atoms with Gasteiger partial charge in [0.2, 0.25) is 4.77 Å². The Kier molecular flexibility index (Phi) is 2.86. The lowest BCUT2D eigenvalue weighted by Crippen LogP contribution is -2.15. The summed E-state index contributed by atoms with van der Waals surface area (Å²) >= 11 is 4.88. The number of aromatic nitrogens is 3. The van der Waals surface area contributed by atoms with Gasteiger partial charge in [0, 0.05) is 6.42 Å². The Bertz CT molecular complexity index is 301. The van der Waals surface area contributed by atoms with E-state index in [9.17, 15) is 0 Å². The van der Waals surface area contributed by atoms with Crippen molar-refractivity contribution < 1.29 is 0 Å². The van der Waals surface area contributed by atoms with Crippen molar-refractivity contribution in [2.45, 2.75) is 26.7 Å². The first-order chi connectivity index (χ1) is 5.65. The first-order valence-electron chi connectivity index (χ1n) is 4.06. The minimum absolute atomic E-state index is 0.480. The SMILES string of the molecule is CCC(C)Cc1n[nH]c(=S)n1N. The van der Waals surface area contributed by atoms with Crippen LogP contribution in [0.25, 0.3) is 0 Å². The van der Waals surface area contributed by atoms with Gasteiger partial charge < -0.3 is 5.84 Å². The molecule has 0 bridgehead atoms. The molecule has 4 nitrogen and oxygen atoms in total. The van der Waals surface area contributed by atoms with Gasteiger partial charge in [0.15, 0.2) is 5.82 Å². The van der Waals surface area contributed by atoms with E-state index in [2.05, 4.69) is 24.0 Å². The van der Waals surface area contributed by atoms with Crippen LogP contribution in [0.4, 0.5) is 0 Å². The Morgan fingerprint density at radius 3 is 2.83 bits per heavy atom. The fourth-order valence-corrected chi connectivity index (χ4v) is 1.09. The van der Waals surface area contributed by atoms with Gasteiger partial charge in [-0.05, 0) is 18.1 Å². The van der Waals surface area contributed by atoms with Crippen LogP contribution in [-0.4, -0.2) is 14.9 Å². The maximum Gasteiger partial charge on any atom is 0.214 e. The van der Waals surface area contributed by atoms with Crippen molar-refractivity contribution in [3.05, 3.63) is 10.6 Å². The normalized spacial score (nSPS) is 13.2. The van der Waals surface area contributed by atoms with E-state index in [1.54, 1.807) is 0 Å². The van der Waals surface area contributed by atoms with E-state index in [4.69, 9.17) is 18.1 Å². The van der Waals surface area contributed by atoms with Gasteiger partial charge in [0.1, 0.15) is 0 Å². The summed E-state index contributed by atoms with van der Waals surface area (Å²) in [6, 6.07) is 0. The third-order valence-corrected chi connectivity index (χ3v) is 2.29. The van der Waals surface area contributed by atoms with Gasteiger partial charge in [-0.3, -0.25) is 5.10 Å². The smallest absolute Gasteiger partial charge is 0.214 e. The second-order valence-corrected chi connectivity index (χ2v) is 3.42. The average molecular weight is 186 g/mol. The summed E-state index contributed by atoms with van der Waals surface area (Å²) in [5, 5.41) is 6.68. The predicted octanol–water partition coefficient (Wildman–Crippen LogP) is 1.24. The molecule has 0 saturated carbocycles. The van der Waals surface area contributed by atoms with Crippen LogP contribution in [0.2, 0.25) is 0 Å². The zero-order valence-corrected chi connectivity index (χ0v) is 8.19. The molecule has 0 aliphatic carbocycles. The van der Waals surface area contributed by atoms with Crippen LogP contribution in [0.5, 0.6) is 0 Å². The molecule has 1 atom stereocenters. The van der Waals surface area contributed by atoms with Crippen molar-refractivity contribution in [3.8, 4) is 0 Å². The average Bonchev–Trinajstić information content (AvgIpc) is 2.36. The third kappa shape index (κ3) is 1.85. The Labute approximate surface area is 76.8 Å². The summed E-state index contributed by atoms with van der Waals surface area (Å²) in [6.45, 7) is 4.31. The molecule has 5 heteroatoms. The second-order valence-electron chi connectivity index (χ2n) is 3.03. The van der Waals surface area contributed by atoms with E-state index in [0.29, 0.717) is 10.7 Å². The van der Waals surface area contributed by atoms with Crippen LogP contribution in [0.3, 0.4) is 0 Å². The summed E-state index contributed by atoms with van der Waals surface area (Å²) in [7, 11) is 0. The number of nitrogens with zero attached hydrogens (tertiary/aromatic N) is 2. The molecule has 0 aliphatic rings. The number of hydrogen-bond donors (Lipinski definition) is 2. The number of aromatic amines is 1. The molecular formula is C7H14N4S. The largest absolute Gasteiger partial charge is 0.335 e. The topological polar surface area (TPSA) is 59.6 Å². The maximum atomic E-state index is 5.62. The molecule has 1 unspecified atom stereocenters. The van der Waals surface area contributed by atoms with Crippen molar-refractivity contribution in [2.75, 3.05) is 5.84 Å². The fourth-order valence-electron chi connectivity index (χ4n) is 0.937. The number of nitrogen functional groups attached to an aromatic ring is 1. The molecule has 0 radical (unpaired) electrons. The minimum Gasteiger partial charge on any atom is -0.335 e. The molecule has 12 heavy (non-hydrogen) atoms. The lowest BCUT2D eigenvalue weighted by atomic mass is 10.1. The molecular weight excluding hydrogens is 172 g/mol. The molecule has 0 spiro atoms. The molecule has 3 N–H and O–H groups in total. The molecule has 0 aliphatic heterocycles. The van der Waals surface area contributed by atoms with Crippen molar-refractivity contribution in [1.82, 2.24) is 14.9 Å². The Morgan fingerprint density at radius 2 is 2.42 bits per heavy atom. The quantitative estimate of drug-likeness (QED) is 0.551. The van der Waals surface area contributed by atoms with Gasteiger partial charge >= 0.3 is 0 Å². The van der Waals surface area contributed by atoms with Crippen LogP contribution in [0.15, 0.2) is 0 Å². The van der Waals surface area contributed by atoms with Crippen molar-refractivity contribution in [3.63, 3.8) is 0 Å². The summed E-state index contributed by atoms with van der Waals surface area (Å²) < 4.78 is 1.91. The van der Waals surface area contributed by atoms with Crippen molar-refractivity contribution in [1.29, 1.82) is 0 Å². The van der Waals surface area contributed by atoms with Crippen LogP contribution in [0, 0.1) is 10.7 Å². The number of nitrogens with one attached hydrogen (secondary N) is 1. The van der Waals surface area contributed by atoms with Crippen LogP contribution >= 0.6 is 12.2 Å². The van der Waals surface area contributed by atoms with Gasteiger partial charge in [-0.15, -0.1) is 0 Å². The molecule has 0 saturated heterocycles. The lowest BCUT2D eigenvalue weighted by molar-refractivity contribution is 0.535. The Balaban J connectivity index is 2.76. The highest BCUT2D eigenvalue weighted by molar-refractivity contribution is 7.71. The van der Waals surface area contributed by atoms with Gasteiger partial charge in [-0.2, -0.15) is 5.10 Å². The van der Waals surface area contributed by atoms with E-state index in [-0.39, 0.29) is 0 Å². The standard InChI is InChI=1S/C7H14N4S/c1-3-5(2)4-6-9-10-7(12)11(6)8/h5H,3-4,8H2,1-2H3,(H,10,12). The molecule has 1 aromatic heterocycles. The summed E-state index contributed by atoms with van der Waals surface area (Å²) in [4.78, 5) is 0. The number of hydrogen-bond acceptors (Lipinski definition) is 3. The van der Waals surface area contributed by atoms with E-state index in [0.717, 1.165) is 18.7 Å². The highest BCUT2D eigenvalue weighted by Crippen LogP contribution is 2.07. The van der Waals surface area contributed by atoms with Crippen LogP contribution in [-0.2, 0) is 6.42 Å². The fraction of sp³-hybridized carbons (Fsp3) is 0.714. The molecule has 0 aromatic carbocycles. The maximum absolute atomic E-state index is 5.62. The van der Waals surface area contributed by atoms with Gasteiger partial charge in [0.05, 0.1) is 0 Å². The monoisotopic (exact) mass is 186 g/mol. The van der Waals surface area contributed by atoms with Crippen molar-refractivity contribution >= 4 is 12.2 Å². The molecule has 1 rings (SSSR count). The van der Waals surface area contributed by atoms with Crippen molar-refractivity contribution in [2.24, 2.45) is 5.92 Å². The van der Waals surface area contributed by atoms with E-state index >= 15 is 0 Å². The Morgan fingerprint density at radius 1 is 1.75 bits per heavy atom. The summed E-state index contributed by atoms with van der Waals surface area (Å²) in [5.41, 5.74) is 0. The zero-order valence-electron chi connectivity index (χ0n) is 7.37. The molecule has 1 heterocycles. The van der Waals surface area contributed by atoms with E-state index < -0.39 is 0 Å². The highest BCUT2D eigenvalue weighted by Gasteiger charge is 2.06. The second kappa shape index (κ2) is 3.71. The first kappa shape index (κ1) is 9.25. The third-order valence-electron chi connectivity index (χ3n) is 2.01. The lowest BCUT2D eigenvalue weighted by Gasteiger charge is -2.05. The highest BCUT2D eigenvalue weighted by atomic mass is 32.1. The zero-order chi connectivity index (χ0) is 9.14. The summed E-state index contributed by atoms with van der Waals surface area (Å²) in [6.07, 6.45) is 2.00. The first-order valence-corrected chi connectivity index (χ1v) is 4.47. The molecule has 1 aromatic rings. The predicted molar refractivity (Wildman–Crippen MR) is 50.7 cm³/mol. The molecule has 0 amide bonds. The number of H-pyrrole nitrogens is 1. The van der Waals surface area contributed by atoms with Crippen LogP contribution in [0.1, 0.15) is 26.1 Å². The number of rotatable bonds is 3. The van der Waals surface area contributed by atoms with Gasteiger partial charge in [-0.1, -0.05) is 20.3 Å². The minimum atomic E-state index is 0.480. The van der Waals surface area contributed by atoms with E-state index in [1.807, 2.05) is 0 Å². The number of nitrogens with two attached hydrogens (primary N) is 1. The molecule has 0 fully saturated rings. The van der Waals surface area contributed by atoms with Crippen LogP contribution < -0.4 is 5.84 Å². The molecule has 68 valence electrons. The van der Waals surface area contributed by atoms with Gasteiger partial charge in [-0.25, -0.2) is 4.68 Å². The Hall–Kier alpha value is -0.840. The summed E-state index contributed by atoms with van der Waals surface area (Å²) in [5.74, 6) is 7.05. The van der Waals surface area contributed by atoms with Gasteiger partial charge in [0.25, 0.3) is 0 Å². The van der Waals surface area contributed by atoms with E-state index in [1.165, 1.54) is 4.68 Å².